The molecule has 0 saturated carbocycles. The lowest BCUT2D eigenvalue weighted by Gasteiger charge is -2.39. The van der Waals surface area contributed by atoms with E-state index in [-0.39, 0.29) is 5.91 Å². The van der Waals surface area contributed by atoms with Gasteiger partial charge in [0.05, 0.1) is 11.9 Å². The Labute approximate surface area is 186 Å². The van der Waals surface area contributed by atoms with E-state index in [9.17, 15) is 13.2 Å². The minimum Gasteiger partial charge on any atom is -0.368 e. The van der Waals surface area contributed by atoms with Gasteiger partial charge < -0.3 is 9.80 Å². The summed E-state index contributed by atoms with van der Waals surface area (Å²) in [5.41, 5.74) is 6.06. The highest BCUT2D eigenvalue weighted by Crippen LogP contribution is 2.28. The summed E-state index contributed by atoms with van der Waals surface area (Å²) in [6.07, 6.45) is 1.16. The maximum atomic E-state index is 13.3. The molecule has 7 heteroatoms. The number of hydrogen-bond donors (Lipinski definition) is 0. The van der Waals surface area contributed by atoms with Crippen LogP contribution in [-0.2, 0) is 14.8 Å². The van der Waals surface area contributed by atoms with Crippen molar-refractivity contribution in [3.63, 3.8) is 0 Å². The predicted molar refractivity (Wildman–Crippen MR) is 127 cm³/mol. The average molecular weight is 444 g/mol. The van der Waals surface area contributed by atoms with E-state index in [1.54, 1.807) is 11.8 Å². The van der Waals surface area contributed by atoms with Crippen LogP contribution in [0.2, 0.25) is 0 Å². The smallest absolute Gasteiger partial charge is 0.246 e. The SMILES string of the molecule is Cc1ccc(C)c(N(C(C)C(=O)N2CCN(c3cccc(C)c3C)CC2)S(C)(=O)=O)c1. The number of hydrogen-bond acceptors (Lipinski definition) is 4. The lowest BCUT2D eigenvalue weighted by Crippen LogP contribution is -2.55. The minimum absolute atomic E-state index is 0.160. The zero-order valence-electron chi connectivity index (χ0n) is 19.3. The average Bonchev–Trinajstić information content (AvgIpc) is 2.71. The molecule has 1 amide bonds. The van der Waals surface area contributed by atoms with Crippen molar-refractivity contribution in [1.82, 2.24) is 4.90 Å². The third kappa shape index (κ3) is 4.87. The Kier molecular flexibility index (Phi) is 6.65. The van der Waals surface area contributed by atoms with Gasteiger partial charge in [0.25, 0.3) is 0 Å². The standard InChI is InChI=1S/C24H33N3O3S/c1-17-10-11-19(3)23(16-17)27(31(6,29)30)21(5)24(28)26-14-12-25(13-15-26)22-9-7-8-18(2)20(22)4/h7-11,16,21H,12-15H2,1-6H3. The molecule has 0 aliphatic carbocycles. The van der Waals surface area contributed by atoms with Gasteiger partial charge >= 0.3 is 0 Å². The van der Waals surface area contributed by atoms with Gasteiger partial charge in [-0.2, -0.15) is 0 Å². The fraction of sp³-hybridized carbons (Fsp3) is 0.458. The van der Waals surface area contributed by atoms with Crippen LogP contribution in [-0.4, -0.2) is 57.7 Å². The first-order valence-electron chi connectivity index (χ1n) is 10.7. The second-order valence-corrected chi connectivity index (χ2v) is 10.4. The fourth-order valence-electron chi connectivity index (χ4n) is 4.24. The number of nitrogens with zero attached hydrogens (tertiary/aromatic N) is 3. The largest absolute Gasteiger partial charge is 0.368 e. The second-order valence-electron chi connectivity index (χ2n) is 8.56. The number of rotatable bonds is 5. The van der Waals surface area contributed by atoms with Crippen LogP contribution in [0.15, 0.2) is 36.4 Å². The summed E-state index contributed by atoms with van der Waals surface area (Å²) in [5.74, 6) is -0.160. The van der Waals surface area contributed by atoms with Gasteiger partial charge in [-0.1, -0.05) is 24.3 Å². The van der Waals surface area contributed by atoms with Gasteiger partial charge in [0, 0.05) is 31.9 Å². The normalized spacial score (nSPS) is 15.7. The molecule has 0 N–H and O–H groups in total. The minimum atomic E-state index is -3.63. The molecule has 6 nitrogen and oxygen atoms in total. The molecule has 1 unspecified atom stereocenters. The molecule has 0 radical (unpaired) electrons. The highest BCUT2D eigenvalue weighted by atomic mass is 32.2. The van der Waals surface area contributed by atoms with Crippen molar-refractivity contribution in [2.45, 2.75) is 40.7 Å². The van der Waals surface area contributed by atoms with Crippen molar-refractivity contribution in [3.8, 4) is 0 Å². The van der Waals surface area contributed by atoms with E-state index < -0.39 is 16.1 Å². The summed E-state index contributed by atoms with van der Waals surface area (Å²) < 4.78 is 26.6. The Morgan fingerprint density at radius 1 is 0.968 bits per heavy atom. The van der Waals surface area contributed by atoms with Crippen LogP contribution >= 0.6 is 0 Å². The highest BCUT2D eigenvalue weighted by Gasteiger charge is 2.34. The van der Waals surface area contributed by atoms with Gasteiger partial charge in [0.2, 0.25) is 15.9 Å². The predicted octanol–water partition coefficient (Wildman–Crippen LogP) is 3.42. The number of carbonyl (C=O) groups excluding carboxylic acids is 1. The molecule has 2 aromatic rings. The molecule has 1 aliphatic heterocycles. The Balaban J connectivity index is 1.79. The van der Waals surface area contributed by atoms with Gasteiger partial charge in [0.1, 0.15) is 6.04 Å². The molecule has 1 saturated heterocycles. The molecule has 1 heterocycles. The van der Waals surface area contributed by atoms with Crippen molar-refractivity contribution in [1.29, 1.82) is 0 Å². The van der Waals surface area contributed by atoms with Crippen LogP contribution in [0.4, 0.5) is 11.4 Å². The van der Waals surface area contributed by atoms with Crippen molar-refractivity contribution in [3.05, 3.63) is 58.7 Å². The number of benzene rings is 2. The van der Waals surface area contributed by atoms with Crippen molar-refractivity contribution >= 4 is 27.3 Å². The highest BCUT2D eigenvalue weighted by molar-refractivity contribution is 7.92. The second kappa shape index (κ2) is 8.91. The van der Waals surface area contributed by atoms with Gasteiger partial charge in [0.15, 0.2) is 0 Å². The summed E-state index contributed by atoms with van der Waals surface area (Å²) >= 11 is 0. The van der Waals surface area contributed by atoms with E-state index in [1.807, 2.05) is 32.0 Å². The Morgan fingerprint density at radius 3 is 2.23 bits per heavy atom. The Hall–Kier alpha value is -2.54. The number of amides is 1. The molecule has 168 valence electrons. The first-order valence-corrected chi connectivity index (χ1v) is 12.5. The van der Waals surface area contributed by atoms with Crippen LogP contribution in [0.3, 0.4) is 0 Å². The quantitative estimate of drug-likeness (QED) is 0.710. The summed E-state index contributed by atoms with van der Waals surface area (Å²) in [4.78, 5) is 17.4. The van der Waals surface area contributed by atoms with Crippen molar-refractivity contribution in [2.75, 3.05) is 41.6 Å². The molecule has 0 aromatic heterocycles. The summed E-state index contributed by atoms with van der Waals surface area (Å²) in [6, 6.07) is 11.1. The first-order chi connectivity index (χ1) is 14.5. The van der Waals surface area contributed by atoms with Gasteiger partial charge in [-0.15, -0.1) is 0 Å². The zero-order valence-corrected chi connectivity index (χ0v) is 20.2. The van der Waals surface area contributed by atoms with Gasteiger partial charge in [-0.05, 0) is 69.0 Å². The molecule has 0 bridgehead atoms. The van der Waals surface area contributed by atoms with E-state index in [0.717, 1.165) is 30.5 Å². The number of aryl methyl sites for hydroxylation is 3. The Bertz CT molecular complexity index is 1070. The van der Waals surface area contributed by atoms with Crippen molar-refractivity contribution in [2.24, 2.45) is 0 Å². The molecule has 31 heavy (non-hydrogen) atoms. The lowest BCUT2D eigenvalue weighted by atomic mass is 10.1. The van der Waals surface area contributed by atoms with Crippen molar-refractivity contribution < 1.29 is 13.2 Å². The maximum Gasteiger partial charge on any atom is 0.246 e. The van der Waals surface area contributed by atoms with E-state index in [1.165, 1.54) is 21.1 Å². The van der Waals surface area contributed by atoms with Gasteiger partial charge in [-0.3, -0.25) is 9.10 Å². The molecular weight excluding hydrogens is 410 g/mol. The summed E-state index contributed by atoms with van der Waals surface area (Å²) in [5, 5.41) is 0. The lowest BCUT2D eigenvalue weighted by molar-refractivity contribution is -0.132. The first kappa shape index (κ1) is 23.1. The summed E-state index contributed by atoms with van der Waals surface area (Å²) in [7, 11) is -3.63. The molecule has 3 rings (SSSR count). The monoisotopic (exact) mass is 443 g/mol. The van der Waals surface area contributed by atoms with Crippen LogP contribution in [0, 0.1) is 27.7 Å². The molecule has 1 fully saturated rings. The molecule has 0 spiro atoms. The number of piperazine rings is 1. The van der Waals surface area contributed by atoms with Crippen LogP contribution < -0.4 is 9.21 Å². The Morgan fingerprint density at radius 2 is 1.61 bits per heavy atom. The topological polar surface area (TPSA) is 60.9 Å². The summed E-state index contributed by atoms with van der Waals surface area (Å²) in [6.45, 7) is 12.3. The number of anilines is 2. The molecular formula is C24H33N3O3S. The number of sulfonamides is 1. The third-order valence-electron chi connectivity index (χ3n) is 6.18. The fourth-order valence-corrected chi connectivity index (χ4v) is 5.46. The number of carbonyl (C=O) groups is 1. The third-order valence-corrected chi connectivity index (χ3v) is 7.40. The molecule has 1 aliphatic rings. The van der Waals surface area contributed by atoms with E-state index in [2.05, 4.69) is 36.9 Å². The van der Waals surface area contributed by atoms with Crippen LogP contribution in [0.1, 0.15) is 29.2 Å². The van der Waals surface area contributed by atoms with E-state index >= 15 is 0 Å². The zero-order chi connectivity index (χ0) is 22.9. The van der Waals surface area contributed by atoms with Crippen LogP contribution in [0.5, 0.6) is 0 Å². The van der Waals surface area contributed by atoms with E-state index in [4.69, 9.17) is 0 Å². The molecule has 1 atom stereocenters. The molecule has 2 aromatic carbocycles. The van der Waals surface area contributed by atoms with Gasteiger partial charge in [-0.25, -0.2) is 8.42 Å². The van der Waals surface area contributed by atoms with Crippen LogP contribution in [0.25, 0.3) is 0 Å². The maximum absolute atomic E-state index is 13.3. The van der Waals surface area contributed by atoms with E-state index in [0.29, 0.717) is 18.8 Å².